The SMILES string of the molecule is C=CCNC1(C(=O)O)CCN2CCCC2C1. The molecule has 0 aliphatic carbocycles. The lowest BCUT2D eigenvalue weighted by atomic mass is 9.83. The third-order valence-corrected chi connectivity index (χ3v) is 3.90. The van der Waals surface area contributed by atoms with Gasteiger partial charge in [-0.25, -0.2) is 0 Å². The third-order valence-electron chi connectivity index (χ3n) is 3.90. The van der Waals surface area contributed by atoms with Gasteiger partial charge in [-0.05, 0) is 32.2 Å². The van der Waals surface area contributed by atoms with Gasteiger partial charge in [0.25, 0.3) is 0 Å². The van der Waals surface area contributed by atoms with E-state index in [9.17, 15) is 9.90 Å². The van der Waals surface area contributed by atoms with Crippen LogP contribution in [0.15, 0.2) is 12.7 Å². The van der Waals surface area contributed by atoms with Crippen molar-refractivity contribution in [3.05, 3.63) is 12.7 Å². The van der Waals surface area contributed by atoms with E-state index >= 15 is 0 Å². The van der Waals surface area contributed by atoms with Crippen LogP contribution in [0.4, 0.5) is 0 Å². The van der Waals surface area contributed by atoms with Gasteiger partial charge in [0.1, 0.15) is 5.54 Å². The van der Waals surface area contributed by atoms with Crippen molar-refractivity contribution < 1.29 is 9.90 Å². The van der Waals surface area contributed by atoms with Crippen LogP contribution in [0.2, 0.25) is 0 Å². The van der Waals surface area contributed by atoms with Gasteiger partial charge in [0.05, 0.1) is 0 Å². The number of nitrogens with zero attached hydrogens (tertiary/aromatic N) is 1. The van der Waals surface area contributed by atoms with Crippen molar-refractivity contribution in [3.8, 4) is 0 Å². The van der Waals surface area contributed by atoms with Gasteiger partial charge in [0, 0.05) is 19.1 Å². The smallest absolute Gasteiger partial charge is 0.324 e. The molecule has 0 spiro atoms. The Bertz CT molecular complexity index is 293. The highest BCUT2D eigenvalue weighted by atomic mass is 16.4. The minimum atomic E-state index is -0.723. The summed E-state index contributed by atoms with van der Waals surface area (Å²) >= 11 is 0. The van der Waals surface area contributed by atoms with Gasteiger partial charge in [0.15, 0.2) is 0 Å². The molecule has 2 unspecified atom stereocenters. The van der Waals surface area contributed by atoms with E-state index in [2.05, 4.69) is 16.8 Å². The summed E-state index contributed by atoms with van der Waals surface area (Å²) in [5.74, 6) is -0.707. The van der Waals surface area contributed by atoms with Crippen molar-refractivity contribution >= 4 is 5.97 Å². The normalized spacial score (nSPS) is 34.6. The molecule has 2 aliphatic heterocycles. The molecule has 4 nitrogen and oxygen atoms in total. The predicted molar refractivity (Wildman–Crippen MR) is 62.4 cm³/mol. The van der Waals surface area contributed by atoms with Crippen LogP contribution in [0.3, 0.4) is 0 Å². The summed E-state index contributed by atoms with van der Waals surface area (Å²) in [7, 11) is 0. The standard InChI is InChI=1S/C12H20N2O2/c1-2-6-13-12(11(15)16)5-8-14-7-3-4-10(14)9-12/h2,10,13H,1,3-9H2,(H,15,16). The maximum absolute atomic E-state index is 11.5. The molecular weight excluding hydrogens is 204 g/mol. The number of aliphatic carboxylic acids is 1. The average molecular weight is 224 g/mol. The van der Waals surface area contributed by atoms with E-state index in [1.165, 1.54) is 6.42 Å². The number of piperidine rings is 1. The highest BCUT2D eigenvalue weighted by Gasteiger charge is 2.46. The van der Waals surface area contributed by atoms with Gasteiger partial charge in [-0.3, -0.25) is 10.1 Å². The molecule has 2 heterocycles. The van der Waals surface area contributed by atoms with Crippen LogP contribution >= 0.6 is 0 Å². The summed E-state index contributed by atoms with van der Waals surface area (Å²) in [5.41, 5.74) is -0.723. The summed E-state index contributed by atoms with van der Waals surface area (Å²) in [5, 5.41) is 12.6. The second-order valence-electron chi connectivity index (χ2n) is 4.84. The van der Waals surface area contributed by atoms with E-state index in [1.807, 2.05) is 0 Å². The van der Waals surface area contributed by atoms with E-state index in [-0.39, 0.29) is 0 Å². The molecule has 0 amide bonds. The van der Waals surface area contributed by atoms with Crippen LogP contribution < -0.4 is 5.32 Å². The second kappa shape index (κ2) is 4.55. The van der Waals surface area contributed by atoms with Crippen LogP contribution in [0.1, 0.15) is 25.7 Å². The molecule has 16 heavy (non-hydrogen) atoms. The first-order valence-electron chi connectivity index (χ1n) is 6.01. The first-order chi connectivity index (χ1) is 7.68. The molecule has 0 bridgehead atoms. The van der Waals surface area contributed by atoms with E-state index in [1.54, 1.807) is 6.08 Å². The third kappa shape index (κ3) is 1.99. The number of carbonyl (C=O) groups is 1. The molecular formula is C12H20N2O2. The minimum absolute atomic E-state index is 0.460. The lowest BCUT2D eigenvalue weighted by molar-refractivity contribution is -0.147. The molecule has 0 radical (unpaired) electrons. The predicted octanol–water partition coefficient (Wildman–Crippen LogP) is 0.844. The van der Waals surface area contributed by atoms with Gasteiger partial charge in [0.2, 0.25) is 0 Å². The van der Waals surface area contributed by atoms with Crippen LogP contribution in [-0.4, -0.2) is 47.2 Å². The number of hydrogen-bond donors (Lipinski definition) is 2. The highest BCUT2D eigenvalue weighted by molar-refractivity contribution is 5.79. The van der Waals surface area contributed by atoms with Gasteiger partial charge in [-0.1, -0.05) is 6.08 Å². The molecule has 0 aromatic heterocycles. The zero-order valence-electron chi connectivity index (χ0n) is 9.61. The Morgan fingerprint density at radius 1 is 1.62 bits per heavy atom. The van der Waals surface area contributed by atoms with Crippen molar-refractivity contribution in [2.24, 2.45) is 0 Å². The molecule has 2 fully saturated rings. The Morgan fingerprint density at radius 3 is 3.12 bits per heavy atom. The Balaban J connectivity index is 2.08. The topological polar surface area (TPSA) is 52.6 Å². The summed E-state index contributed by atoms with van der Waals surface area (Å²) < 4.78 is 0. The molecule has 4 heteroatoms. The largest absolute Gasteiger partial charge is 0.480 e. The molecule has 0 aromatic rings. The molecule has 0 saturated carbocycles. The Kier molecular flexibility index (Phi) is 3.30. The Hall–Kier alpha value is -0.870. The minimum Gasteiger partial charge on any atom is -0.480 e. The summed E-state index contributed by atoms with van der Waals surface area (Å²) in [6.07, 6.45) is 5.52. The summed E-state index contributed by atoms with van der Waals surface area (Å²) in [4.78, 5) is 13.9. The number of nitrogens with one attached hydrogen (secondary N) is 1. The monoisotopic (exact) mass is 224 g/mol. The van der Waals surface area contributed by atoms with Crippen molar-refractivity contribution in [3.63, 3.8) is 0 Å². The van der Waals surface area contributed by atoms with Crippen LogP contribution in [0.25, 0.3) is 0 Å². The van der Waals surface area contributed by atoms with Crippen LogP contribution in [0.5, 0.6) is 0 Å². The first-order valence-corrected chi connectivity index (χ1v) is 6.01. The van der Waals surface area contributed by atoms with E-state index < -0.39 is 11.5 Å². The molecule has 2 aliphatic rings. The second-order valence-corrected chi connectivity index (χ2v) is 4.84. The summed E-state index contributed by atoms with van der Waals surface area (Å²) in [6.45, 7) is 6.25. The molecule has 90 valence electrons. The molecule has 2 rings (SSSR count). The number of fused-ring (bicyclic) bond motifs is 1. The lowest BCUT2D eigenvalue weighted by Crippen LogP contribution is -2.60. The average Bonchev–Trinajstić information content (AvgIpc) is 2.72. The van der Waals surface area contributed by atoms with Crippen molar-refractivity contribution in [2.45, 2.75) is 37.3 Å². The van der Waals surface area contributed by atoms with Crippen LogP contribution in [-0.2, 0) is 4.79 Å². The quantitative estimate of drug-likeness (QED) is 0.695. The van der Waals surface area contributed by atoms with E-state index in [0.717, 1.165) is 25.9 Å². The fraction of sp³-hybridized carbons (Fsp3) is 0.750. The summed E-state index contributed by atoms with van der Waals surface area (Å²) in [6, 6.07) is 0.460. The molecule has 2 N–H and O–H groups in total. The molecule has 2 atom stereocenters. The maximum atomic E-state index is 11.5. The molecule has 2 saturated heterocycles. The number of hydrogen-bond acceptors (Lipinski definition) is 3. The van der Waals surface area contributed by atoms with Gasteiger partial charge < -0.3 is 10.0 Å². The fourth-order valence-corrected chi connectivity index (χ4v) is 2.96. The van der Waals surface area contributed by atoms with E-state index in [4.69, 9.17) is 0 Å². The Morgan fingerprint density at radius 2 is 2.44 bits per heavy atom. The van der Waals surface area contributed by atoms with Crippen LogP contribution in [0, 0.1) is 0 Å². The Labute approximate surface area is 96.3 Å². The number of rotatable bonds is 4. The zero-order valence-corrected chi connectivity index (χ0v) is 9.61. The van der Waals surface area contributed by atoms with E-state index in [0.29, 0.717) is 19.0 Å². The fourth-order valence-electron chi connectivity index (χ4n) is 2.96. The maximum Gasteiger partial charge on any atom is 0.324 e. The molecule has 0 aromatic carbocycles. The van der Waals surface area contributed by atoms with Gasteiger partial charge in [-0.2, -0.15) is 0 Å². The first kappa shape index (κ1) is 11.6. The number of carboxylic acids is 1. The lowest BCUT2D eigenvalue weighted by Gasteiger charge is -2.41. The van der Waals surface area contributed by atoms with Crippen molar-refractivity contribution in [1.82, 2.24) is 10.2 Å². The number of carboxylic acid groups (broad SMARTS) is 1. The van der Waals surface area contributed by atoms with Gasteiger partial charge in [-0.15, -0.1) is 6.58 Å². The van der Waals surface area contributed by atoms with Crippen molar-refractivity contribution in [1.29, 1.82) is 0 Å². The van der Waals surface area contributed by atoms with Gasteiger partial charge >= 0.3 is 5.97 Å². The van der Waals surface area contributed by atoms with Crippen molar-refractivity contribution in [2.75, 3.05) is 19.6 Å². The highest BCUT2D eigenvalue weighted by Crippen LogP contribution is 2.33. The zero-order chi connectivity index (χ0) is 11.6.